The van der Waals surface area contributed by atoms with Gasteiger partial charge in [-0.2, -0.15) is 0 Å². The SMILES string of the molecule is CCNC(=O)C1OC(n2cnc3c(NC4CCCCC4)ncnc32)C(O)C1O. The van der Waals surface area contributed by atoms with E-state index in [1.807, 2.05) is 0 Å². The maximum atomic E-state index is 12.1. The molecule has 1 aliphatic carbocycles. The van der Waals surface area contributed by atoms with Crippen LogP contribution in [0.4, 0.5) is 5.82 Å². The predicted molar refractivity (Wildman–Crippen MR) is 100 cm³/mol. The van der Waals surface area contributed by atoms with Crippen molar-refractivity contribution in [2.45, 2.75) is 69.6 Å². The van der Waals surface area contributed by atoms with E-state index in [0.717, 1.165) is 12.8 Å². The monoisotopic (exact) mass is 390 g/mol. The van der Waals surface area contributed by atoms with Crippen LogP contribution in [0.5, 0.6) is 0 Å². The van der Waals surface area contributed by atoms with Crippen LogP contribution in [0, 0.1) is 0 Å². The predicted octanol–water partition coefficient (Wildman–Crippen LogP) is 0.326. The molecule has 3 heterocycles. The van der Waals surface area contributed by atoms with Gasteiger partial charge in [-0.15, -0.1) is 0 Å². The molecule has 2 aliphatic rings. The maximum absolute atomic E-state index is 12.1. The molecule has 10 heteroatoms. The van der Waals surface area contributed by atoms with Crippen LogP contribution in [-0.2, 0) is 9.53 Å². The van der Waals surface area contributed by atoms with Crippen molar-refractivity contribution in [3.05, 3.63) is 12.7 Å². The van der Waals surface area contributed by atoms with Gasteiger partial charge in [0.25, 0.3) is 5.91 Å². The number of anilines is 1. The number of hydrogen-bond acceptors (Lipinski definition) is 8. The van der Waals surface area contributed by atoms with Crippen LogP contribution in [-0.4, -0.2) is 66.5 Å². The standard InChI is InChI=1S/C18H26N6O4/c1-2-19-17(27)14-12(25)13(26)18(28-14)24-9-22-11-15(20-8-21-16(11)24)23-10-6-4-3-5-7-10/h8-10,12-14,18,25-26H,2-7H2,1H3,(H,19,27)(H,20,21,23). The molecule has 0 aromatic carbocycles. The molecule has 0 radical (unpaired) electrons. The molecule has 2 aromatic rings. The lowest BCUT2D eigenvalue weighted by Crippen LogP contribution is -2.42. The Labute approximate surface area is 162 Å². The molecule has 28 heavy (non-hydrogen) atoms. The zero-order valence-corrected chi connectivity index (χ0v) is 15.8. The zero-order valence-electron chi connectivity index (χ0n) is 15.8. The van der Waals surface area contributed by atoms with Crippen LogP contribution in [0.3, 0.4) is 0 Å². The van der Waals surface area contributed by atoms with Gasteiger partial charge in [0.15, 0.2) is 29.3 Å². The molecule has 4 rings (SSSR count). The summed E-state index contributed by atoms with van der Waals surface area (Å²) in [5.41, 5.74) is 1.04. The average Bonchev–Trinajstić information content (AvgIpc) is 3.25. The molecule has 0 bridgehead atoms. The minimum atomic E-state index is -1.34. The lowest BCUT2D eigenvalue weighted by molar-refractivity contribution is -0.137. The molecule has 1 saturated carbocycles. The van der Waals surface area contributed by atoms with Gasteiger partial charge in [-0.3, -0.25) is 9.36 Å². The first-order valence-electron chi connectivity index (χ1n) is 9.83. The Bertz CT molecular complexity index is 837. The Morgan fingerprint density at radius 2 is 2.00 bits per heavy atom. The second kappa shape index (κ2) is 7.98. The maximum Gasteiger partial charge on any atom is 0.252 e. The number of aromatic nitrogens is 4. The van der Waals surface area contributed by atoms with Crippen LogP contribution in [0.25, 0.3) is 11.2 Å². The Morgan fingerprint density at radius 3 is 2.75 bits per heavy atom. The van der Waals surface area contributed by atoms with E-state index >= 15 is 0 Å². The van der Waals surface area contributed by atoms with E-state index in [2.05, 4.69) is 25.6 Å². The number of carbonyl (C=O) groups is 1. The number of amides is 1. The van der Waals surface area contributed by atoms with E-state index in [4.69, 9.17) is 4.74 Å². The van der Waals surface area contributed by atoms with Crippen molar-refractivity contribution in [2.24, 2.45) is 0 Å². The Morgan fingerprint density at radius 1 is 1.21 bits per heavy atom. The van der Waals surface area contributed by atoms with Crippen LogP contribution in [0.1, 0.15) is 45.3 Å². The third-order valence-electron chi connectivity index (χ3n) is 5.43. The second-order valence-electron chi connectivity index (χ2n) is 7.35. The van der Waals surface area contributed by atoms with Gasteiger partial charge in [-0.1, -0.05) is 19.3 Å². The highest BCUT2D eigenvalue weighted by Gasteiger charge is 2.47. The first-order valence-corrected chi connectivity index (χ1v) is 9.83. The quantitative estimate of drug-likeness (QED) is 0.574. The van der Waals surface area contributed by atoms with Crippen LogP contribution < -0.4 is 10.6 Å². The Balaban J connectivity index is 1.59. The smallest absolute Gasteiger partial charge is 0.252 e. The van der Waals surface area contributed by atoms with E-state index in [0.29, 0.717) is 29.6 Å². The van der Waals surface area contributed by atoms with Crippen molar-refractivity contribution in [3.63, 3.8) is 0 Å². The molecule has 4 N–H and O–H groups in total. The molecular weight excluding hydrogens is 364 g/mol. The van der Waals surface area contributed by atoms with Crippen LogP contribution in [0.2, 0.25) is 0 Å². The lowest BCUT2D eigenvalue weighted by Gasteiger charge is -2.23. The minimum absolute atomic E-state index is 0.356. The van der Waals surface area contributed by atoms with Crippen LogP contribution in [0.15, 0.2) is 12.7 Å². The summed E-state index contributed by atoms with van der Waals surface area (Å²) in [5, 5.41) is 26.7. The molecule has 1 aliphatic heterocycles. The summed E-state index contributed by atoms with van der Waals surface area (Å²) in [5.74, 6) is 0.180. The van der Waals surface area contributed by atoms with Crippen molar-refractivity contribution in [2.75, 3.05) is 11.9 Å². The van der Waals surface area contributed by atoms with E-state index < -0.39 is 30.4 Å². The molecule has 2 fully saturated rings. The van der Waals surface area contributed by atoms with Gasteiger partial charge >= 0.3 is 0 Å². The fourth-order valence-corrected chi connectivity index (χ4v) is 3.96. The van der Waals surface area contributed by atoms with Crippen molar-refractivity contribution >= 4 is 22.9 Å². The minimum Gasteiger partial charge on any atom is -0.387 e. The van der Waals surface area contributed by atoms with Crippen molar-refractivity contribution in [1.82, 2.24) is 24.8 Å². The summed E-state index contributed by atoms with van der Waals surface area (Å²) in [6.45, 7) is 2.18. The number of hydrogen-bond donors (Lipinski definition) is 4. The van der Waals surface area contributed by atoms with Crippen molar-refractivity contribution in [3.8, 4) is 0 Å². The molecule has 4 atom stereocenters. The summed E-state index contributed by atoms with van der Waals surface area (Å²) in [7, 11) is 0. The molecule has 1 amide bonds. The summed E-state index contributed by atoms with van der Waals surface area (Å²) in [6, 6.07) is 0.356. The number of nitrogens with zero attached hydrogens (tertiary/aromatic N) is 4. The number of likely N-dealkylation sites (N-methyl/N-ethyl adjacent to an activating group) is 1. The molecular formula is C18H26N6O4. The van der Waals surface area contributed by atoms with E-state index in [1.54, 1.807) is 6.92 Å². The fraction of sp³-hybridized carbons (Fsp3) is 0.667. The van der Waals surface area contributed by atoms with E-state index in [-0.39, 0.29) is 0 Å². The molecule has 152 valence electrons. The number of nitrogens with one attached hydrogen (secondary N) is 2. The third kappa shape index (κ3) is 3.43. The van der Waals surface area contributed by atoms with Gasteiger partial charge in [0.2, 0.25) is 0 Å². The first kappa shape index (κ1) is 19.0. The fourth-order valence-electron chi connectivity index (χ4n) is 3.96. The van der Waals surface area contributed by atoms with E-state index in [1.165, 1.54) is 36.5 Å². The average molecular weight is 390 g/mol. The number of aliphatic hydroxyl groups excluding tert-OH is 2. The third-order valence-corrected chi connectivity index (χ3v) is 5.43. The molecule has 1 saturated heterocycles. The van der Waals surface area contributed by atoms with Gasteiger partial charge in [0, 0.05) is 12.6 Å². The molecule has 10 nitrogen and oxygen atoms in total. The molecule has 2 aromatic heterocycles. The summed E-state index contributed by atoms with van der Waals surface area (Å²) in [4.78, 5) is 25.1. The highest BCUT2D eigenvalue weighted by Crippen LogP contribution is 2.33. The molecule has 4 unspecified atom stereocenters. The molecule has 0 spiro atoms. The largest absolute Gasteiger partial charge is 0.387 e. The van der Waals surface area contributed by atoms with Gasteiger partial charge in [0.05, 0.1) is 6.33 Å². The highest BCUT2D eigenvalue weighted by molar-refractivity contribution is 5.83. The lowest BCUT2D eigenvalue weighted by atomic mass is 9.95. The summed E-state index contributed by atoms with van der Waals surface area (Å²) >= 11 is 0. The van der Waals surface area contributed by atoms with E-state index in [9.17, 15) is 15.0 Å². The normalized spacial score (nSPS) is 28.5. The number of ether oxygens (including phenoxy) is 1. The van der Waals surface area contributed by atoms with Gasteiger partial charge in [0.1, 0.15) is 18.5 Å². The summed E-state index contributed by atoms with van der Waals surface area (Å²) < 4.78 is 7.21. The van der Waals surface area contributed by atoms with Gasteiger partial charge < -0.3 is 25.6 Å². The number of rotatable bonds is 5. The first-order chi connectivity index (χ1) is 13.6. The number of fused-ring (bicyclic) bond motifs is 1. The topological polar surface area (TPSA) is 134 Å². The zero-order chi connectivity index (χ0) is 19.7. The second-order valence-corrected chi connectivity index (χ2v) is 7.35. The number of aliphatic hydroxyl groups is 2. The van der Waals surface area contributed by atoms with Gasteiger partial charge in [-0.05, 0) is 19.8 Å². The Hall–Kier alpha value is -2.30. The Kier molecular flexibility index (Phi) is 5.42. The number of carbonyl (C=O) groups excluding carboxylic acids is 1. The summed E-state index contributed by atoms with van der Waals surface area (Å²) in [6.07, 6.45) is 4.03. The highest BCUT2D eigenvalue weighted by atomic mass is 16.6. The van der Waals surface area contributed by atoms with Crippen molar-refractivity contribution in [1.29, 1.82) is 0 Å². The number of imidazole rings is 1. The van der Waals surface area contributed by atoms with Crippen LogP contribution >= 0.6 is 0 Å². The van der Waals surface area contributed by atoms with Gasteiger partial charge in [-0.25, -0.2) is 15.0 Å². The van der Waals surface area contributed by atoms with Crippen molar-refractivity contribution < 1.29 is 19.7 Å².